The first-order valence-corrected chi connectivity index (χ1v) is 7.50. The lowest BCUT2D eigenvalue weighted by Crippen LogP contribution is -2.26. The van der Waals surface area contributed by atoms with Crippen molar-refractivity contribution in [1.29, 1.82) is 0 Å². The van der Waals surface area contributed by atoms with Crippen LogP contribution < -0.4 is 4.31 Å². The molecule has 0 radical (unpaired) electrons. The van der Waals surface area contributed by atoms with Crippen molar-refractivity contribution in [3.8, 4) is 0 Å². The number of nitrogens with zero attached hydrogens (tertiary/aromatic N) is 2. The number of benzene rings is 1. The molecule has 0 saturated heterocycles. The van der Waals surface area contributed by atoms with Crippen molar-refractivity contribution in [1.82, 2.24) is 4.98 Å². The number of carbonyl (C=O) groups is 1. The summed E-state index contributed by atoms with van der Waals surface area (Å²) < 4.78 is 26.0. The van der Waals surface area contributed by atoms with Crippen LogP contribution in [-0.4, -0.2) is 31.5 Å². The molecule has 0 amide bonds. The van der Waals surface area contributed by atoms with Crippen molar-refractivity contribution in [2.24, 2.45) is 0 Å². The second kappa shape index (κ2) is 5.53. The number of rotatable bonds is 4. The molecule has 0 aliphatic carbocycles. The van der Waals surface area contributed by atoms with Gasteiger partial charge in [-0.1, -0.05) is 17.7 Å². The summed E-state index contributed by atoms with van der Waals surface area (Å²) in [5, 5.41) is 8.93. The Morgan fingerprint density at radius 2 is 1.81 bits per heavy atom. The lowest BCUT2D eigenvalue weighted by molar-refractivity contribution is 0.0696. The minimum Gasteiger partial charge on any atom is -0.478 e. The van der Waals surface area contributed by atoms with Crippen LogP contribution in [0.1, 0.15) is 15.9 Å². The highest BCUT2D eigenvalue weighted by Crippen LogP contribution is 2.22. The predicted octanol–water partition coefficient (Wildman–Crippen LogP) is 1.91. The first-order valence-electron chi connectivity index (χ1n) is 6.06. The van der Waals surface area contributed by atoms with Gasteiger partial charge in [-0.25, -0.2) is 13.2 Å². The fourth-order valence-electron chi connectivity index (χ4n) is 1.72. The Balaban J connectivity index is 2.43. The van der Waals surface area contributed by atoms with E-state index in [0.29, 0.717) is 0 Å². The van der Waals surface area contributed by atoms with Crippen LogP contribution in [0.5, 0.6) is 0 Å². The van der Waals surface area contributed by atoms with Gasteiger partial charge in [-0.05, 0) is 25.1 Å². The number of aromatic nitrogens is 1. The molecule has 1 aromatic heterocycles. The molecule has 0 unspecified atom stereocenters. The van der Waals surface area contributed by atoms with Crippen molar-refractivity contribution in [2.75, 3.05) is 11.4 Å². The van der Waals surface area contributed by atoms with E-state index in [2.05, 4.69) is 4.98 Å². The number of carboxylic acids is 1. The number of hydrogen-bond donors (Lipinski definition) is 1. The lowest BCUT2D eigenvalue weighted by Gasteiger charge is -2.19. The molecule has 110 valence electrons. The SMILES string of the molecule is Cc1ccc(S(=O)(=O)N(C)c2cncc(C(=O)O)c2)cc1. The quantitative estimate of drug-likeness (QED) is 0.932. The molecule has 0 aliphatic rings. The normalized spacial score (nSPS) is 11.1. The highest BCUT2D eigenvalue weighted by atomic mass is 32.2. The van der Waals surface area contributed by atoms with Gasteiger partial charge in [0.15, 0.2) is 0 Å². The topological polar surface area (TPSA) is 87.6 Å². The molecule has 0 spiro atoms. The Bertz CT molecular complexity index is 770. The third-order valence-electron chi connectivity index (χ3n) is 3.01. The Labute approximate surface area is 122 Å². The van der Waals surface area contributed by atoms with Gasteiger partial charge in [0, 0.05) is 13.2 Å². The van der Waals surface area contributed by atoms with Gasteiger partial charge in [0.25, 0.3) is 10.0 Å². The Morgan fingerprint density at radius 3 is 2.38 bits per heavy atom. The van der Waals surface area contributed by atoms with Crippen LogP contribution in [0.15, 0.2) is 47.6 Å². The Kier molecular flexibility index (Phi) is 3.95. The summed E-state index contributed by atoms with van der Waals surface area (Å²) >= 11 is 0. The van der Waals surface area contributed by atoms with E-state index in [1.807, 2.05) is 6.92 Å². The summed E-state index contributed by atoms with van der Waals surface area (Å²) in [6.45, 7) is 1.86. The molecule has 1 aromatic carbocycles. The zero-order valence-corrected chi connectivity index (χ0v) is 12.3. The third kappa shape index (κ3) is 3.03. The number of hydrogen-bond acceptors (Lipinski definition) is 4. The molecule has 1 N–H and O–H groups in total. The van der Waals surface area contributed by atoms with Gasteiger partial charge in [0.05, 0.1) is 22.3 Å². The lowest BCUT2D eigenvalue weighted by atomic mass is 10.2. The van der Waals surface area contributed by atoms with Gasteiger partial charge in [-0.3, -0.25) is 9.29 Å². The van der Waals surface area contributed by atoms with Crippen LogP contribution in [0.25, 0.3) is 0 Å². The fraction of sp³-hybridized carbons (Fsp3) is 0.143. The number of aryl methyl sites for hydroxylation is 1. The van der Waals surface area contributed by atoms with Crippen LogP contribution in [0.2, 0.25) is 0 Å². The predicted molar refractivity (Wildman–Crippen MR) is 78.0 cm³/mol. The summed E-state index contributed by atoms with van der Waals surface area (Å²) in [6, 6.07) is 7.69. The van der Waals surface area contributed by atoms with E-state index in [0.717, 1.165) is 16.1 Å². The molecule has 2 aromatic rings. The number of anilines is 1. The maximum atomic E-state index is 12.5. The highest BCUT2D eigenvalue weighted by Gasteiger charge is 2.22. The molecule has 0 bridgehead atoms. The van der Waals surface area contributed by atoms with Crippen LogP contribution in [0.3, 0.4) is 0 Å². The van der Waals surface area contributed by atoms with Gasteiger partial charge in [-0.15, -0.1) is 0 Å². The second-order valence-corrected chi connectivity index (χ2v) is 6.49. The average Bonchev–Trinajstić information content (AvgIpc) is 2.47. The van der Waals surface area contributed by atoms with Crippen molar-refractivity contribution < 1.29 is 18.3 Å². The molecule has 2 rings (SSSR count). The van der Waals surface area contributed by atoms with Gasteiger partial charge in [0.2, 0.25) is 0 Å². The molecule has 0 aliphatic heterocycles. The summed E-state index contributed by atoms with van der Waals surface area (Å²) in [4.78, 5) is 14.8. The molecule has 0 atom stereocenters. The maximum absolute atomic E-state index is 12.5. The van der Waals surface area contributed by atoms with E-state index < -0.39 is 16.0 Å². The smallest absolute Gasteiger partial charge is 0.337 e. The molecule has 0 fully saturated rings. The van der Waals surface area contributed by atoms with Crippen molar-refractivity contribution in [3.63, 3.8) is 0 Å². The van der Waals surface area contributed by atoms with Gasteiger partial charge < -0.3 is 5.11 Å². The van der Waals surface area contributed by atoms with Gasteiger partial charge in [0.1, 0.15) is 0 Å². The highest BCUT2D eigenvalue weighted by molar-refractivity contribution is 7.92. The summed E-state index contributed by atoms with van der Waals surface area (Å²) in [5.74, 6) is -1.16. The van der Waals surface area contributed by atoms with Crippen LogP contribution in [0.4, 0.5) is 5.69 Å². The number of sulfonamides is 1. The van der Waals surface area contributed by atoms with E-state index in [1.165, 1.54) is 31.4 Å². The van der Waals surface area contributed by atoms with Crippen LogP contribution in [0, 0.1) is 6.92 Å². The van der Waals surface area contributed by atoms with E-state index in [-0.39, 0.29) is 16.1 Å². The minimum atomic E-state index is -3.75. The molecule has 0 saturated carbocycles. The summed E-state index contributed by atoms with van der Waals surface area (Å²) in [7, 11) is -2.39. The van der Waals surface area contributed by atoms with E-state index in [1.54, 1.807) is 12.1 Å². The summed E-state index contributed by atoms with van der Waals surface area (Å²) in [6.07, 6.45) is 2.47. The van der Waals surface area contributed by atoms with E-state index >= 15 is 0 Å². The number of carboxylic acid groups (broad SMARTS) is 1. The zero-order valence-electron chi connectivity index (χ0n) is 11.5. The summed E-state index contributed by atoms with van der Waals surface area (Å²) in [5.41, 5.74) is 1.07. The first-order chi connectivity index (χ1) is 9.82. The molecular weight excluding hydrogens is 292 g/mol. The Morgan fingerprint density at radius 1 is 1.19 bits per heavy atom. The molecule has 1 heterocycles. The minimum absolute atomic E-state index is 0.0709. The monoisotopic (exact) mass is 306 g/mol. The van der Waals surface area contributed by atoms with Crippen molar-refractivity contribution >= 4 is 21.7 Å². The molecule has 6 nitrogen and oxygen atoms in total. The van der Waals surface area contributed by atoms with Crippen molar-refractivity contribution in [3.05, 3.63) is 53.9 Å². The number of pyridine rings is 1. The van der Waals surface area contributed by atoms with E-state index in [4.69, 9.17) is 5.11 Å². The maximum Gasteiger partial charge on any atom is 0.337 e. The largest absolute Gasteiger partial charge is 0.478 e. The second-order valence-electron chi connectivity index (χ2n) is 4.52. The molecule has 7 heteroatoms. The zero-order chi connectivity index (χ0) is 15.6. The van der Waals surface area contributed by atoms with Crippen LogP contribution >= 0.6 is 0 Å². The third-order valence-corrected chi connectivity index (χ3v) is 4.81. The van der Waals surface area contributed by atoms with E-state index in [9.17, 15) is 13.2 Å². The average molecular weight is 306 g/mol. The Hall–Kier alpha value is -2.41. The standard InChI is InChI=1S/C14H14N2O4S/c1-10-3-5-13(6-4-10)21(19,20)16(2)12-7-11(14(17)18)8-15-9-12/h3-9H,1-2H3,(H,17,18). The first kappa shape index (κ1) is 15.0. The van der Waals surface area contributed by atoms with Gasteiger partial charge >= 0.3 is 5.97 Å². The van der Waals surface area contributed by atoms with Crippen molar-refractivity contribution in [2.45, 2.75) is 11.8 Å². The number of aromatic carboxylic acids is 1. The van der Waals surface area contributed by atoms with Crippen LogP contribution in [-0.2, 0) is 10.0 Å². The van der Waals surface area contributed by atoms with Gasteiger partial charge in [-0.2, -0.15) is 0 Å². The fourth-order valence-corrected chi connectivity index (χ4v) is 2.90. The molecule has 21 heavy (non-hydrogen) atoms. The molecular formula is C14H14N2O4S.